The van der Waals surface area contributed by atoms with Crippen molar-refractivity contribution in [1.29, 1.82) is 0 Å². The van der Waals surface area contributed by atoms with Crippen LogP contribution in [-0.2, 0) is 11.0 Å². The first-order chi connectivity index (χ1) is 16.2. The molecule has 0 aromatic heterocycles. The maximum atomic E-state index is 12.7. The van der Waals surface area contributed by atoms with Crippen molar-refractivity contribution in [3.05, 3.63) is 89.0 Å². The van der Waals surface area contributed by atoms with E-state index in [9.17, 15) is 18.0 Å². The smallest absolute Gasteiger partial charge is 0.325 e. The summed E-state index contributed by atoms with van der Waals surface area (Å²) in [5, 5.41) is 3.38. The van der Waals surface area contributed by atoms with Crippen molar-refractivity contribution in [3.8, 4) is 0 Å². The lowest BCUT2D eigenvalue weighted by atomic mass is 10.1. The highest BCUT2D eigenvalue weighted by Gasteiger charge is 2.30. The Kier molecular flexibility index (Phi) is 6.88. The number of aryl methyl sites for hydroxylation is 2. The quantitative estimate of drug-likeness (QED) is 0.427. The lowest BCUT2D eigenvalue weighted by molar-refractivity contribution is -0.137. The second kappa shape index (κ2) is 9.85. The van der Waals surface area contributed by atoms with E-state index in [1.54, 1.807) is 0 Å². The van der Waals surface area contributed by atoms with Gasteiger partial charge in [0.2, 0.25) is 5.91 Å². The second-order valence-electron chi connectivity index (χ2n) is 7.94. The Bertz CT molecular complexity index is 1270. The molecule has 1 N–H and O–H groups in total. The molecule has 0 saturated heterocycles. The van der Waals surface area contributed by atoms with Crippen molar-refractivity contribution in [2.75, 3.05) is 11.1 Å². The molecular formula is C26H22F3N3OS. The lowest BCUT2D eigenvalue weighted by Crippen LogP contribution is -2.16. The monoisotopic (exact) mass is 481 g/mol. The molecule has 4 rings (SSSR count). The average molecular weight is 482 g/mol. The fourth-order valence-corrected chi connectivity index (χ4v) is 4.21. The topological polar surface area (TPSA) is 53.8 Å². The van der Waals surface area contributed by atoms with Crippen LogP contribution in [-0.4, -0.2) is 22.4 Å². The van der Waals surface area contributed by atoms with Crippen LogP contribution >= 0.6 is 11.8 Å². The fraction of sp³-hybridized carbons (Fsp3) is 0.192. The van der Waals surface area contributed by atoms with E-state index in [2.05, 4.69) is 5.32 Å². The number of aliphatic imine (C=N–C) groups is 2. The Morgan fingerprint density at radius 2 is 1.56 bits per heavy atom. The normalized spacial score (nSPS) is 13.4. The highest BCUT2D eigenvalue weighted by molar-refractivity contribution is 8.14. The number of rotatable bonds is 4. The van der Waals surface area contributed by atoms with Crippen LogP contribution < -0.4 is 5.32 Å². The van der Waals surface area contributed by atoms with E-state index in [0.29, 0.717) is 12.1 Å². The molecule has 0 spiro atoms. The Hall–Kier alpha value is -3.39. The number of nitrogens with one attached hydrogen (secondary N) is 1. The van der Waals surface area contributed by atoms with Gasteiger partial charge in [-0.15, -0.1) is 11.8 Å². The number of anilines is 1. The average Bonchev–Trinajstić information content (AvgIpc) is 2.97. The summed E-state index contributed by atoms with van der Waals surface area (Å²) < 4.78 is 38.2. The van der Waals surface area contributed by atoms with Crippen molar-refractivity contribution < 1.29 is 18.0 Å². The molecule has 3 aromatic carbocycles. The van der Waals surface area contributed by atoms with Crippen molar-refractivity contribution in [2.24, 2.45) is 9.98 Å². The third kappa shape index (κ3) is 5.75. The van der Waals surface area contributed by atoms with Gasteiger partial charge in [0.25, 0.3) is 0 Å². The largest absolute Gasteiger partial charge is 0.416 e. The van der Waals surface area contributed by atoms with Crippen molar-refractivity contribution in [1.82, 2.24) is 0 Å². The Labute approximate surface area is 200 Å². The standard InChI is InChI=1S/C26H22F3N3OS/c1-16-12-22-23(13-17(16)2)32-25(14-21(31-22)18-6-4-3-5-7-18)34-15-24(33)30-20-10-8-19(9-11-20)26(27,28)29/h3-13H,14-15H2,1-2H3,(H,30,33). The minimum absolute atomic E-state index is 0.0715. The molecule has 8 heteroatoms. The second-order valence-corrected chi connectivity index (χ2v) is 8.99. The summed E-state index contributed by atoms with van der Waals surface area (Å²) in [4.78, 5) is 22.2. The zero-order chi connectivity index (χ0) is 24.3. The van der Waals surface area contributed by atoms with Crippen LogP contribution in [0.15, 0.2) is 76.7 Å². The number of hydrogen-bond acceptors (Lipinski definition) is 4. The zero-order valence-electron chi connectivity index (χ0n) is 18.6. The molecule has 34 heavy (non-hydrogen) atoms. The van der Waals surface area contributed by atoms with E-state index >= 15 is 0 Å². The molecule has 0 radical (unpaired) electrons. The van der Waals surface area contributed by atoms with E-state index < -0.39 is 11.7 Å². The number of hydrogen-bond donors (Lipinski definition) is 1. The molecule has 174 valence electrons. The Balaban J connectivity index is 1.51. The van der Waals surface area contributed by atoms with Gasteiger partial charge in [-0.05, 0) is 66.9 Å². The van der Waals surface area contributed by atoms with E-state index in [-0.39, 0.29) is 11.7 Å². The van der Waals surface area contributed by atoms with Crippen molar-refractivity contribution in [2.45, 2.75) is 26.4 Å². The fourth-order valence-electron chi connectivity index (χ4n) is 3.44. The number of nitrogens with zero attached hydrogens (tertiary/aromatic N) is 2. The molecule has 0 aliphatic carbocycles. The van der Waals surface area contributed by atoms with Gasteiger partial charge in [-0.1, -0.05) is 30.3 Å². The Morgan fingerprint density at radius 1 is 0.941 bits per heavy atom. The summed E-state index contributed by atoms with van der Waals surface area (Å²) in [6.07, 6.45) is -3.95. The van der Waals surface area contributed by atoms with Gasteiger partial charge in [-0.3, -0.25) is 9.79 Å². The first-order valence-corrected chi connectivity index (χ1v) is 11.6. The first-order valence-electron chi connectivity index (χ1n) is 10.6. The first kappa shape index (κ1) is 23.8. The summed E-state index contributed by atoms with van der Waals surface area (Å²) in [5.41, 5.74) is 5.15. The zero-order valence-corrected chi connectivity index (χ0v) is 19.4. The van der Waals surface area contributed by atoms with Gasteiger partial charge in [0.15, 0.2) is 0 Å². The summed E-state index contributed by atoms with van der Waals surface area (Å²) in [5.74, 6) is -0.252. The molecule has 1 aliphatic rings. The maximum Gasteiger partial charge on any atom is 0.416 e. The number of carbonyl (C=O) groups excluding carboxylic acids is 1. The van der Waals surface area contributed by atoms with Crippen LogP contribution in [0.1, 0.15) is 28.7 Å². The maximum absolute atomic E-state index is 12.7. The van der Waals surface area contributed by atoms with Crippen molar-refractivity contribution in [3.63, 3.8) is 0 Å². The summed E-state index contributed by atoms with van der Waals surface area (Å²) >= 11 is 1.29. The molecule has 0 saturated carbocycles. The van der Waals surface area contributed by atoms with Crippen LogP contribution in [0.5, 0.6) is 0 Å². The predicted octanol–water partition coefficient (Wildman–Crippen LogP) is 7.25. The highest BCUT2D eigenvalue weighted by Crippen LogP contribution is 2.36. The molecule has 3 aromatic rings. The minimum Gasteiger partial charge on any atom is -0.325 e. The number of halogens is 3. The van der Waals surface area contributed by atoms with E-state index in [4.69, 9.17) is 9.98 Å². The van der Waals surface area contributed by atoms with Crippen LogP contribution in [0.3, 0.4) is 0 Å². The number of carbonyl (C=O) groups is 1. The van der Waals surface area contributed by atoms with Gasteiger partial charge in [-0.2, -0.15) is 13.2 Å². The van der Waals surface area contributed by atoms with E-state index in [1.165, 1.54) is 23.9 Å². The number of alkyl halides is 3. The predicted molar refractivity (Wildman–Crippen MR) is 133 cm³/mol. The third-order valence-electron chi connectivity index (χ3n) is 5.38. The van der Waals surface area contributed by atoms with Gasteiger partial charge in [0.05, 0.1) is 33.4 Å². The molecule has 1 amide bonds. The van der Waals surface area contributed by atoms with Crippen LogP contribution in [0.4, 0.5) is 30.2 Å². The minimum atomic E-state index is -4.42. The number of benzene rings is 3. The van der Waals surface area contributed by atoms with Crippen LogP contribution in [0.2, 0.25) is 0 Å². The molecule has 4 nitrogen and oxygen atoms in total. The highest BCUT2D eigenvalue weighted by atomic mass is 32.2. The molecule has 1 heterocycles. The number of amides is 1. The molecule has 0 bridgehead atoms. The third-order valence-corrected chi connectivity index (χ3v) is 6.36. The summed E-state index contributed by atoms with van der Waals surface area (Å²) in [6, 6.07) is 18.2. The van der Waals surface area contributed by atoms with E-state index in [0.717, 1.165) is 51.0 Å². The van der Waals surface area contributed by atoms with E-state index in [1.807, 2.05) is 56.3 Å². The van der Waals surface area contributed by atoms with Crippen LogP contribution in [0, 0.1) is 13.8 Å². The van der Waals surface area contributed by atoms with Gasteiger partial charge in [0.1, 0.15) is 0 Å². The molecule has 0 unspecified atom stereocenters. The molecular weight excluding hydrogens is 459 g/mol. The molecule has 0 fully saturated rings. The van der Waals surface area contributed by atoms with Crippen LogP contribution in [0.25, 0.3) is 0 Å². The van der Waals surface area contributed by atoms with Gasteiger partial charge in [0, 0.05) is 12.1 Å². The lowest BCUT2D eigenvalue weighted by Gasteiger charge is -2.10. The number of thioether (sulfide) groups is 1. The van der Waals surface area contributed by atoms with Gasteiger partial charge < -0.3 is 5.32 Å². The summed E-state index contributed by atoms with van der Waals surface area (Å²) in [7, 11) is 0. The van der Waals surface area contributed by atoms with Crippen molar-refractivity contribution >= 4 is 45.5 Å². The SMILES string of the molecule is Cc1cc2c(cc1C)N=C(c1ccccc1)CC(SCC(=O)Nc1ccc(C(F)(F)F)cc1)=N2. The molecule has 1 aliphatic heterocycles. The van der Waals surface area contributed by atoms with Gasteiger partial charge in [-0.25, -0.2) is 4.99 Å². The Morgan fingerprint density at radius 3 is 2.18 bits per heavy atom. The number of fused-ring (bicyclic) bond motifs is 1. The molecule has 0 atom stereocenters. The summed E-state index contributed by atoms with van der Waals surface area (Å²) in [6.45, 7) is 4.05. The van der Waals surface area contributed by atoms with Gasteiger partial charge >= 0.3 is 6.18 Å².